The smallest absolute Gasteiger partial charge is 0.404 e. The Morgan fingerprint density at radius 2 is 1.37 bits per heavy atom. The van der Waals surface area contributed by atoms with E-state index in [0.717, 1.165) is 49.0 Å². The molecule has 7 rings (SSSR count). The number of H-pyrrole nitrogens is 1. The second-order valence-electron chi connectivity index (χ2n) is 27.8. The van der Waals surface area contributed by atoms with Crippen molar-refractivity contribution in [2.45, 2.75) is 225 Å². The number of hydrogen-bond donors (Lipinski definition) is 28. The van der Waals surface area contributed by atoms with Crippen LogP contribution in [0.3, 0.4) is 0 Å². The number of primary amides is 3. The molecule has 3 fully saturated rings. The van der Waals surface area contributed by atoms with Gasteiger partial charge in [0.15, 0.2) is 37.3 Å². The van der Waals surface area contributed by atoms with Crippen LogP contribution in [0, 0.1) is 6.92 Å². The Balaban J connectivity index is 1.12. The third-order valence-corrected chi connectivity index (χ3v) is 20.6. The summed E-state index contributed by atoms with van der Waals surface area (Å²) in [5.74, 6) is -8.70. The Morgan fingerprint density at radius 1 is 0.684 bits per heavy atom. The number of nitrogens with zero attached hydrogens (tertiary/aromatic N) is 5. The van der Waals surface area contributed by atoms with Gasteiger partial charge in [0.1, 0.15) is 112 Å². The minimum atomic E-state index is -2.27. The lowest BCUT2D eigenvalue weighted by Crippen LogP contribution is -2.65. The molecule has 0 saturated carbocycles. The lowest BCUT2D eigenvalue weighted by molar-refractivity contribution is -0.372. The molecule has 4 aromatic heterocycles. The Morgan fingerprint density at radius 3 is 2.02 bits per heavy atom. The first-order chi connectivity index (χ1) is 55.4. The number of hydrogen-bond acceptors (Lipinski definition) is 41. The molecule has 0 radical (unpaired) electrons. The van der Waals surface area contributed by atoms with E-state index in [1.807, 2.05) is 0 Å². The highest BCUT2D eigenvalue weighted by Gasteiger charge is 2.54. The van der Waals surface area contributed by atoms with Gasteiger partial charge in [-0.25, -0.2) is 29.7 Å². The van der Waals surface area contributed by atoms with Gasteiger partial charge in [0.25, 0.3) is 11.8 Å². The lowest BCUT2D eigenvalue weighted by Gasteiger charge is -2.47. The zero-order chi connectivity index (χ0) is 86.4. The zero-order valence-electron chi connectivity index (χ0n) is 63.7. The van der Waals surface area contributed by atoms with Gasteiger partial charge in [0, 0.05) is 61.4 Å². The molecular formula is C66H105N21O28S2. The van der Waals surface area contributed by atoms with Gasteiger partial charge in [-0.15, -0.1) is 22.7 Å². The van der Waals surface area contributed by atoms with Crippen LogP contribution >= 0.6 is 22.7 Å². The molecule has 3 aliphatic rings. The highest BCUT2D eigenvalue weighted by atomic mass is 32.1. The minimum absolute atomic E-state index is 0.0000191. The number of nitrogens with two attached hydrogens (primary N) is 7. The van der Waals surface area contributed by atoms with Crippen LogP contribution < -0.4 is 82.7 Å². The van der Waals surface area contributed by atoms with E-state index in [4.69, 9.17) is 78.4 Å². The predicted octanol–water partition coefficient (Wildman–Crippen LogP) is -12.0. The van der Waals surface area contributed by atoms with Crippen molar-refractivity contribution in [3.05, 3.63) is 56.8 Å². The summed E-state index contributed by atoms with van der Waals surface area (Å²) in [5, 5.41) is 155. The maximum Gasteiger partial charge on any atom is 0.404 e. The largest absolute Gasteiger partial charge is 0.441 e. The van der Waals surface area contributed by atoms with E-state index < -0.39 is 256 Å². The number of anilines is 1. The Kier molecular flexibility index (Phi) is 36.8. The Labute approximate surface area is 674 Å². The number of aliphatic hydroxyl groups is 12. The number of nitrogens with one attached hydrogen (secondary N) is 9. The SMILES string of the molecule is Cc1c(N)nc([C@H](CC(N)=O)NC[C@H](N)C(N)=O)nc1C(=O)N[C@H](C(=O)N[C@H](C)[C@@H](O)CC(=O)N[C@H](C(=O)NC(O[C@@H]1O[C@@H](C)[C@@H](N)[C@@H](O)[C@H]1O)C(O)c1nc(-c2nc(C(=O)NCCCC(N)CC(=O)NCCCNCCO)cs2)cs1)[C@@H](C)O)[C@@H](O[C@@H]1O[C@@H](CO)[C@@H](O)[C@H](O)[C@@H]1O[C@H]1O[C@H](CO)[C@@H](O)[C@H](OC(N)=O)[C@@H]1O)c1cnc[nH]1. The van der Waals surface area contributed by atoms with E-state index in [2.05, 4.69) is 72.4 Å². The Hall–Kier alpha value is -8.54. The van der Waals surface area contributed by atoms with E-state index in [1.165, 1.54) is 24.6 Å². The molecule has 9 amide bonds. The van der Waals surface area contributed by atoms with Crippen molar-refractivity contribution >= 4 is 81.8 Å². The molecule has 654 valence electrons. The lowest BCUT2D eigenvalue weighted by atomic mass is 9.97. The fraction of sp³-hybridized carbons (Fsp3) is 0.667. The topological polar surface area (TPSA) is 820 Å². The van der Waals surface area contributed by atoms with Crippen LogP contribution in [0.4, 0.5) is 10.6 Å². The normalized spacial score (nSPS) is 26.3. The highest BCUT2D eigenvalue weighted by Crippen LogP contribution is 2.36. The minimum Gasteiger partial charge on any atom is -0.441 e. The highest BCUT2D eigenvalue weighted by molar-refractivity contribution is 7.14. The number of amides is 9. The van der Waals surface area contributed by atoms with Gasteiger partial charge in [-0.2, -0.15) is 0 Å². The number of rotatable bonds is 45. The summed E-state index contributed by atoms with van der Waals surface area (Å²) < 4.78 is 40.4. The van der Waals surface area contributed by atoms with Gasteiger partial charge in [-0.1, -0.05) is 0 Å². The van der Waals surface area contributed by atoms with Gasteiger partial charge >= 0.3 is 6.09 Å². The maximum absolute atomic E-state index is 15.3. The second-order valence-corrected chi connectivity index (χ2v) is 29.5. The van der Waals surface area contributed by atoms with Gasteiger partial charge < -0.3 is 182 Å². The van der Waals surface area contributed by atoms with E-state index in [1.54, 1.807) is 0 Å². The number of aliphatic hydroxyl groups excluding tert-OH is 12. The molecule has 35 N–H and O–H groups in total. The van der Waals surface area contributed by atoms with Gasteiger partial charge in [-0.3, -0.25) is 38.4 Å². The number of thiazole rings is 2. The predicted molar refractivity (Wildman–Crippen MR) is 401 cm³/mol. The average Bonchev–Trinajstić information content (AvgIpc) is 1.68. The number of aromatic amines is 1. The van der Waals surface area contributed by atoms with E-state index in [0.29, 0.717) is 38.9 Å². The number of aromatic nitrogens is 6. The molecule has 0 aliphatic carbocycles. The summed E-state index contributed by atoms with van der Waals surface area (Å²) in [6.07, 6.45) is -36.6. The van der Waals surface area contributed by atoms with Crippen molar-refractivity contribution in [1.82, 2.24) is 72.4 Å². The summed E-state index contributed by atoms with van der Waals surface area (Å²) in [6, 6.07) is -10.2. The molecule has 3 unspecified atom stereocenters. The van der Waals surface area contributed by atoms with Crippen LogP contribution in [0.5, 0.6) is 0 Å². The van der Waals surface area contributed by atoms with E-state index in [-0.39, 0.29) is 58.1 Å². The molecule has 0 spiro atoms. The van der Waals surface area contributed by atoms with Crippen molar-refractivity contribution in [2.24, 2.45) is 34.4 Å². The van der Waals surface area contributed by atoms with Crippen molar-refractivity contribution in [1.29, 1.82) is 0 Å². The fourth-order valence-electron chi connectivity index (χ4n) is 12.0. The summed E-state index contributed by atoms with van der Waals surface area (Å²) in [4.78, 5) is 145. The first-order valence-corrected chi connectivity index (χ1v) is 38.6. The van der Waals surface area contributed by atoms with E-state index >= 15 is 9.59 Å². The molecule has 0 aromatic carbocycles. The quantitative estimate of drug-likeness (QED) is 0.0144. The number of ether oxygens (including phenoxy) is 7. The third kappa shape index (κ3) is 26.5. The van der Waals surface area contributed by atoms with Crippen LogP contribution in [0.15, 0.2) is 23.3 Å². The van der Waals surface area contributed by atoms with Gasteiger partial charge in [-0.05, 0) is 53.5 Å². The second kappa shape index (κ2) is 45.0. The monoisotopic (exact) mass is 1700 g/mol. The zero-order valence-corrected chi connectivity index (χ0v) is 65.3. The van der Waals surface area contributed by atoms with Crippen molar-refractivity contribution in [2.75, 3.05) is 58.3 Å². The molecule has 26 atom stereocenters. The van der Waals surface area contributed by atoms with Crippen LogP contribution in [0.2, 0.25) is 0 Å². The fourth-order valence-corrected chi connectivity index (χ4v) is 13.7. The molecule has 4 aromatic rings. The number of nitrogen functional groups attached to an aromatic ring is 1. The average molecular weight is 1700 g/mol. The number of carbonyl (C=O) groups is 9. The molecular weight excluding hydrogens is 1600 g/mol. The van der Waals surface area contributed by atoms with Crippen molar-refractivity contribution in [3.8, 4) is 10.7 Å². The number of carbonyl (C=O) groups excluding carboxylic acids is 9. The maximum atomic E-state index is 15.3. The van der Waals surface area contributed by atoms with Crippen LogP contribution in [0.1, 0.15) is 121 Å². The van der Waals surface area contributed by atoms with Crippen LogP contribution in [-0.4, -0.2) is 338 Å². The molecule has 49 nitrogen and oxygen atoms in total. The number of imidazole rings is 1. The van der Waals surface area contributed by atoms with E-state index in [9.17, 15) is 89.7 Å². The van der Waals surface area contributed by atoms with Crippen LogP contribution in [0.25, 0.3) is 10.7 Å². The van der Waals surface area contributed by atoms with Crippen molar-refractivity contribution < 1.29 is 138 Å². The summed E-state index contributed by atoms with van der Waals surface area (Å²) in [5.41, 5.74) is 39.5. The molecule has 117 heavy (non-hydrogen) atoms. The summed E-state index contributed by atoms with van der Waals surface area (Å²) >= 11 is 1.82. The first-order valence-electron chi connectivity index (χ1n) is 36.8. The third-order valence-electron chi connectivity index (χ3n) is 18.8. The van der Waals surface area contributed by atoms with Gasteiger partial charge in [0.05, 0.1) is 86.9 Å². The Bertz CT molecular complexity index is 3920. The van der Waals surface area contributed by atoms with Crippen molar-refractivity contribution in [3.63, 3.8) is 0 Å². The molecule has 0 bridgehead atoms. The standard InChI is InChI=1S/C66H105N21O28S2/c1-23-40(84-55(86-53(23)71)29(14-36(69)93)78-16-28(68)54(72)103)57(105)85-42(50(30-17-75-22-79-30)112-65-52(46(99)43(96)34(18-89)111-65)113-64-48(101)51(114-66(73)108)44(97)35(19-90)110-64)59(107)80-24(2)33(92)15-38(95)83-41(25(3)91)58(106)87-60(115-63-47(100)45(98)39(70)26(4)109-63)49(102)62-82-32(21-117-62)61-81-31(20-116-61)56(104)77-9-5-7-27(67)13-37(94)76-10-6-8-74-11-12-88/h17,20-22,24-29,33-35,39,41-52,60,63-65,74,78,88-92,96-102H,5-16,18-19,67-68,70H2,1-4H3,(H2,69,93)(H2,72,103)(H2,73,108)(H,75,79)(H,76,94)(H,77,104)(H,80,107)(H,83,95)(H,85,105)(H,87,106)(H2,71,84,86)/t24-,25-,26+,27?,28+,29+,33+,34+,35-,39-,41+,42+,43-,44-,45-,46+,47-,48+,49?,50+,51+,52+,60?,63+,64-,65+/m1/s1. The summed E-state index contributed by atoms with van der Waals surface area (Å²) in [6.45, 7) is 4.08. The molecule has 3 aliphatic heterocycles. The first kappa shape index (κ1) is 95.6. The van der Waals surface area contributed by atoms with Crippen LogP contribution in [-0.2, 0) is 61.9 Å². The van der Waals surface area contributed by atoms with Gasteiger partial charge in [0.2, 0.25) is 35.4 Å². The summed E-state index contributed by atoms with van der Waals surface area (Å²) in [7, 11) is 0. The molecule has 3 saturated heterocycles. The molecule has 51 heteroatoms. The molecule has 7 heterocycles.